The summed E-state index contributed by atoms with van der Waals surface area (Å²) in [5.74, 6) is 1.06. The number of ketones is 1. The normalized spacial score (nSPS) is 16.0. The monoisotopic (exact) mass is 242 g/mol. The molecule has 0 radical (unpaired) electrons. The Bertz CT molecular complexity index is 533. The molecule has 0 aromatic carbocycles. The third-order valence-electron chi connectivity index (χ3n) is 3.12. The van der Waals surface area contributed by atoms with Gasteiger partial charge in [-0.15, -0.1) is 10.2 Å². The van der Waals surface area contributed by atoms with E-state index in [1.165, 1.54) is 0 Å². The fourth-order valence-corrected chi connectivity index (χ4v) is 2.16. The standard InChI is InChI=1S/C13H14N4O/c18-11-2-1-7-17(9-11)13-4-3-12(15-16-13)10-5-6-14-8-10/h3-6,8,14H,1-2,7,9H2. The van der Waals surface area contributed by atoms with Gasteiger partial charge in [0.25, 0.3) is 0 Å². The molecule has 1 N–H and O–H groups in total. The third kappa shape index (κ3) is 2.11. The Kier molecular flexibility index (Phi) is 2.80. The molecule has 2 aromatic rings. The number of aromatic amines is 1. The van der Waals surface area contributed by atoms with Crippen molar-refractivity contribution in [1.29, 1.82) is 0 Å². The molecule has 0 bridgehead atoms. The van der Waals surface area contributed by atoms with E-state index in [-0.39, 0.29) is 5.78 Å². The predicted octanol–water partition coefficient (Wildman–Crippen LogP) is 1.64. The third-order valence-corrected chi connectivity index (χ3v) is 3.12. The summed E-state index contributed by atoms with van der Waals surface area (Å²) in [5.41, 5.74) is 1.85. The number of carbonyl (C=O) groups is 1. The number of Topliss-reactive ketones (excluding diaryl/α,β-unsaturated/α-hetero) is 1. The lowest BCUT2D eigenvalue weighted by Crippen LogP contribution is -2.36. The molecule has 1 aliphatic rings. The first-order valence-electron chi connectivity index (χ1n) is 6.06. The second kappa shape index (κ2) is 4.60. The predicted molar refractivity (Wildman–Crippen MR) is 68.3 cm³/mol. The maximum atomic E-state index is 11.4. The van der Waals surface area contributed by atoms with Gasteiger partial charge in [-0.1, -0.05) is 0 Å². The fraction of sp³-hybridized carbons (Fsp3) is 0.308. The zero-order valence-corrected chi connectivity index (χ0v) is 9.97. The van der Waals surface area contributed by atoms with Crippen molar-refractivity contribution >= 4 is 11.6 Å². The minimum Gasteiger partial charge on any atom is -0.367 e. The van der Waals surface area contributed by atoms with Crippen LogP contribution in [0.5, 0.6) is 0 Å². The number of rotatable bonds is 2. The Balaban J connectivity index is 1.80. The van der Waals surface area contributed by atoms with Crippen LogP contribution in [0.4, 0.5) is 5.82 Å². The van der Waals surface area contributed by atoms with Crippen molar-refractivity contribution in [2.45, 2.75) is 12.8 Å². The molecule has 5 heteroatoms. The first-order chi connectivity index (χ1) is 8.83. The van der Waals surface area contributed by atoms with Crippen LogP contribution in [-0.2, 0) is 4.79 Å². The van der Waals surface area contributed by atoms with Crippen molar-refractivity contribution in [2.24, 2.45) is 0 Å². The minimum atomic E-state index is 0.276. The molecule has 2 aromatic heterocycles. The molecule has 92 valence electrons. The minimum absolute atomic E-state index is 0.276. The quantitative estimate of drug-likeness (QED) is 0.869. The van der Waals surface area contributed by atoms with Gasteiger partial charge in [0.2, 0.25) is 0 Å². The molecule has 3 rings (SSSR count). The molecule has 5 nitrogen and oxygen atoms in total. The molecule has 0 spiro atoms. The highest BCUT2D eigenvalue weighted by Gasteiger charge is 2.18. The van der Waals surface area contributed by atoms with E-state index >= 15 is 0 Å². The van der Waals surface area contributed by atoms with Crippen LogP contribution in [0.1, 0.15) is 12.8 Å². The van der Waals surface area contributed by atoms with Crippen LogP contribution < -0.4 is 4.90 Å². The van der Waals surface area contributed by atoms with Crippen molar-refractivity contribution in [1.82, 2.24) is 15.2 Å². The lowest BCUT2D eigenvalue weighted by molar-refractivity contribution is -0.118. The van der Waals surface area contributed by atoms with E-state index in [0.717, 1.165) is 30.0 Å². The van der Waals surface area contributed by atoms with Crippen molar-refractivity contribution in [3.63, 3.8) is 0 Å². The van der Waals surface area contributed by atoms with Gasteiger partial charge in [-0.2, -0.15) is 0 Å². The molecule has 0 atom stereocenters. The van der Waals surface area contributed by atoms with Gasteiger partial charge in [-0.3, -0.25) is 4.79 Å². The lowest BCUT2D eigenvalue weighted by Gasteiger charge is -2.26. The highest BCUT2D eigenvalue weighted by atomic mass is 16.1. The Labute approximate surface area is 105 Å². The SMILES string of the molecule is O=C1CCCN(c2ccc(-c3cc[nH]c3)nn2)C1. The van der Waals surface area contributed by atoms with Crippen molar-refractivity contribution in [2.75, 3.05) is 18.0 Å². The summed E-state index contributed by atoms with van der Waals surface area (Å²) < 4.78 is 0. The Morgan fingerprint density at radius 1 is 1.22 bits per heavy atom. The molecule has 18 heavy (non-hydrogen) atoms. The molecular weight excluding hydrogens is 228 g/mol. The second-order valence-corrected chi connectivity index (χ2v) is 4.44. The zero-order valence-electron chi connectivity index (χ0n) is 9.97. The first kappa shape index (κ1) is 11.0. The van der Waals surface area contributed by atoms with Gasteiger partial charge in [-0.25, -0.2) is 0 Å². The highest BCUT2D eigenvalue weighted by molar-refractivity contribution is 5.84. The van der Waals surface area contributed by atoms with E-state index in [1.807, 2.05) is 35.5 Å². The van der Waals surface area contributed by atoms with Crippen molar-refractivity contribution < 1.29 is 4.79 Å². The molecule has 1 saturated heterocycles. The second-order valence-electron chi connectivity index (χ2n) is 4.44. The zero-order chi connectivity index (χ0) is 12.4. The maximum Gasteiger partial charge on any atom is 0.152 e. The van der Waals surface area contributed by atoms with Crippen molar-refractivity contribution in [3.05, 3.63) is 30.6 Å². The van der Waals surface area contributed by atoms with Gasteiger partial charge in [-0.05, 0) is 24.6 Å². The van der Waals surface area contributed by atoms with E-state index in [1.54, 1.807) is 0 Å². The largest absolute Gasteiger partial charge is 0.367 e. The van der Waals surface area contributed by atoms with Crippen LogP contribution in [0.2, 0.25) is 0 Å². The van der Waals surface area contributed by atoms with Gasteiger partial charge in [0.1, 0.15) is 0 Å². The Hall–Kier alpha value is -2.17. The number of anilines is 1. The van der Waals surface area contributed by atoms with Crippen LogP contribution in [0, 0.1) is 0 Å². The average molecular weight is 242 g/mol. The number of carbonyl (C=O) groups excluding carboxylic acids is 1. The molecule has 0 saturated carbocycles. The summed E-state index contributed by atoms with van der Waals surface area (Å²) in [7, 11) is 0. The van der Waals surface area contributed by atoms with Crippen molar-refractivity contribution in [3.8, 4) is 11.3 Å². The van der Waals surface area contributed by atoms with E-state index < -0.39 is 0 Å². The van der Waals surface area contributed by atoms with Gasteiger partial charge in [0.15, 0.2) is 11.6 Å². The van der Waals surface area contributed by atoms with Gasteiger partial charge < -0.3 is 9.88 Å². The van der Waals surface area contributed by atoms with Gasteiger partial charge >= 0.3 is 0 Å². The number of nitrogens with one attached hydrogen (secondary N) is 1. The number of H-pyrrole nitrogens is 1. The van der Waals surface area contributed by atoms with Gasteiger partial charge in [0.05, 0.1) is 12.2 Å². The van der Waals surface area contributed by atoms with Crippen LogP contribution >= 0.6 is 0 Å². The maximum absolute atomic E-state index is 11.4. The number of piperidine rings is 1. The number of hydrogen-bond donors (Lipinski definition) is 1. The van der Waals surface area contributed by atoms with E-state index in [2.05, 4.69) is 15.2 Å². The molecule has 0 aliphatic carbocycles. The number of hydrogen-bond acceptors (Lipinski definition) is 4. The smallest absolute Gasteiger partial charge is 0.152 e. The average Bonchev–Trinajstić information content (AvgIpc) is 2.93. The van der Waals surface area contributed by atoms with E-state index in [0.29, 0.717) is 13.0 Å². The summed E-state index contributed by atoms with van der Waals surface area (Å²) >= 11 is 0. The van der Waals surface area contributed by atoms with E-state index in [4.69, 9.17) is 0 Å². The summed E-state index contributed by atoms with van der Waals surface area (Å²) in [6.07, 6.45) is 5.33. The molecule has 1 aliphatic heterocycles. The summed E-state index contributed by atoms with van der Waals surface area (Å²) in [6.45, 7) is 1.34. The topological polar surface area (TPSA) is 61.9 Å². The number of nitrogens with zero attached hydrogens (tertiary/aromatic N) is 3. The summed E-state index contributed by atoms with van der Waals surface area (Å²) in [6, 6.07) is 5.81. The Morgan fingerprint density at radius 3 is 2.83 bits per heavy atom. The lowest BCUT2D eigenvalue weighted by atomic mass is 10.1. The fourth-order valence-electron chi connectivity index (χ4n) is 2.16. The summed E-state index contributed by atoms with van der Waals surface area (Å²) in [4.78, 5) is 16.4. The molecule has 0 unspecified atom stereocenters. The molecular formula is C13H14N4O. The van der Waals surface area contributed by atoms with Crippen LogP contribution in [0.25, 0.3) is 11.3 Å². The van der Waals surface area contributed by atoms with Gasteiger partial charge in [0, 0.05) is 30.9 Å². The Morgan fingerprint density at radius 2 is 2.17 bits per heavy atom. The van der Waals surface area contributed by atoms with Crippen LogP contribution in [-0.4, -0.2) is 34.1 Å². The number of aromatic nitrogens is 3. The van der Waals surface area contributed by atoms with Crippen LogP contribution in [0.3, 0.4) is 0 Å². The first-order valence-corrected chi connectivity index (χ1v) is 6.06. The highest BCUT2D eigenvalue weighted by Crippen LogP contribution is 2.19. The summed E-state index contributed by atoms with van der Waals surface area (Å²) in [5, 5.41) is 8.40. The molecule has 1 fully saturated rings. The van der Waals surface area contributed by atoms with Crippen LogP contribution in [0.15, 0.2) is 30.6 Å². The molecule has 3 heterocycles. The molecule has 0 amide bonds. The van der Waals surface area contributed by atoms with E-state index in [9.17, 15) is 4.79 Å².